The highest BCUT2D eigenvalue weighted by atomic mass is 16.7. The summed E-state index contributed by atoms with van der Waals surface area (Å²) >= 11 is 0. The van der Waals surface area contributed by atoms with Crippen LogP contribution < -0.4 is 15.5 Å². The summed E-state index contributed by atoms with van der Waals surface area (Å²) in [5.41, 5.74) is 9.56. The summed E-state index contributed by atoms with van der Waals surface area (Å²) in [5.74, 6) is 0.166. The zero-order valence-corrected chi connectivity index (χ0v) is 13.4. The highest BCUT2D eigenvalue weighted by Crippen LogP contribution is 2.23. The monoisotopic (exact) mass is 314 g/mol. The molecule has 0 aliphatic heterocycles. The highest BCUT2D eigenvalue weighted by molar-refractivity contribution is 5.97. The molecular weight excluding hydrogens is 294 g/mol. The number of nitrogens with zero attached hydrogens (tertiary/aromatic N) is 1. The van der Waals surface area contributed by atoms with Gasteiger partial charge in [-0.1, -0.05) is 11.2 Å². The van der Waals surface area contributed by atoms with Gasteiger partial charge in [0, 0.05) is 17.7 Å². The van der Waals surface area contributed by atoms with Crippen molar-refractivity contribution in [3.8, 4) is 5.75 Å². The van der Waals surface area contributed by atoms with Crippen LogP contribution in [0.15, 0.2) is 41.8 Å². The first-order valence-corrected chi connectivity index (χ1v) is 7.18. The van der Waals surface area contributed by atoms with Crippen molar-refractivity contribution in [1.29, 1.82) is 0 Å². The number of carbonyl (C=O) groups excluding carboxylic acids is 1. The van der Waals surface area contributed by atoms with E-state index in [1.807, 2.05) is 26.8 Å². The van der Waals surface area contributed by atoms with E-state index in [2.05, 4.69) is 16.2 Å². The van der Waals surface area contributed by atoms with Gasteiger partial charge in [0.1, 0.15) is 5.75 Å². The third-order valence-electron chi connectivity index (χ3n) is 3.37. The van der Waals surface area contributed by atoms with Crippen molar-refractivity contribution < 1.29 is 19.4 Å². The summed E-state index contributed by atoms with van der Waals surface area (Å²) in [5, 5.41) is 3.62. The number of nitrogens with one attached hydrogen (secondary N) is 1. The minimum atomic E-state index is -0.617. The Bertz CT molecular complexity index is 727. The normalized spacial score (nSPS) is 11.2. The van der Waals surface area contributed by atoms with Crippen molar-refractivity contribution in [2.75, 3.05) is 6.61 Å². The molecule has 1 heterocycles. The van der Waals surface area contributed by atoms with E-state index >= 15 is 0 Å². The molecule has 0 amide bonds. The molecule has 0 aliphatic rings. The van der Waals surface area contributed by atoms with E-state index < -0.39 is 5.97 Å². The number of oxime groups is 1. The molecule has 1 aromatic heterocycles. The van der Waals surface area contributed by atoms with Crippen LogP contribution in [0.4, 0.5) is 0 Å². The second-order valence-corrected chi connectivity index (χ2v) is 5.22. The predicted octanol–water partition coefficient (Wildman–Crippen LogP) is 1.67. The number of amidine groups is 1. The zero-order valence-electron chi connectivity index (χ0n) is 13.4. The standard InChI is InChI=1S/C17H19N3O3/c1-11-8-12(2)13(3)15(9-11)22-10-16(21)23-20-17(18)14-4-6-19-7-5-14/h4-9H,10H2,1-3H3,(H2,18,20)/p+1. The summed E-state index contributed by atoms with van der Waals surface area (Å²) in [6.07, 6.45) is 3.40. The highest BCUT2D eigenvalue weighted by Gasteiger charge is 2.09. The number of nitrogens with two attached hydrogens (primary N) is 1. The fraction of sp³-hybridized carbons (Fsp3) is 0.235. The van der Waals surface area contributed by atoms with Gasteiger partial charge >= 0.3 is 5.97 Å². The Balaban J connectivity index is 1.93. The van der Waals surface area contributed by atoms with Crippen LogP contribution in [0, 0.1) is 20.8 Å². The number of aromatic amines is 1. The summed E-state index contributed by atoms with van der Waals surface area (Å²) in [4.78, 5) is 19.4. The number of rotatable bonds is 5. The number of ether oxygens (including phenoxy) is 1. The van der Waals surface area contributed by atoms with Crippen LogP contribution in [-0.2, 0) is 9.63 Å². The Morgan fingerprint density at radius 3 is 2.61 bits per heavy atom. The van der Waals surface area contributed by atoms with Gasteiger partial charge in [-0.3, -0.25) is 0 Å². The van der Waals surface area contributed by atoms with Crippen molar-refractivity contribution >= 4 is 11.8 Å². The first-order valence-electron chi connectivity index (χ1n) is 7.18. The number of H-pyrrole nitrogens is 1. The van der Waals surface area contributed by atoms with Gasteiger partial charge in [0.25, 0.3) is 0 Å². The Hall–Kier alpha value is -2.89. The minimum absolute atomic E-state index is 0.120. The maximum Gasteiger partial charge on any atom is 0.372 e. The van der Waals surface area contributed by atoms with E-state index in [9.17, 15) is 4.79 Å². The smallest absolute Gasteiger partial charge is 0.372 e. The van der Waals surface area contributed by atoms with Gasteiger partial charge in [0.15, 0.2) is 24.8 Å². The second-order valence-electron chi connectivity index (χ2n) is 5.22. The lowest BCUT2D eigenvalue weighted by molar-refractivity contribution is -0.378. The second kappa shape index (κ2) is 7.40. The van der Waals surface area contributed by atoms with Crippen LogP contribution in [0.25, 0.3) is 0 Å². The summed E-state index contributed by atoms with van der Waals surface area (Å²) in [7, 11) is 0. The number of pyridine rings is 1. The summed E-state index contributed by atoms with van der Waals surface area (Å²) < 4.78 is 5.51. The number of hydrogen-bond donors (Lipinski definition) is 1. The fourth-order valence-corrected chi connectivity index (χ4v) is 2.02. The molecule has 23 heavy (non-hydrogen) atoms. The zero-order chi connectivity index (χ0) is 16.8. The van der Waals surface area contributed by atoms with E-state index in [-0.39, 0.29) is 12.4 Å². The average Bonchev–Trinajstić information content (AvgIpc) is 2.55. The molecule has 6 heteroatoms. The van der Waals surface area contributed by atoms with Gasteiger partial charge in [-0.25, -0.2) is 9.78 Å². The van der Waals surface area contributed by atoms with Crippen molar-refractivity contribution in [3.05, 3.63) is 58.9 Å². The SMILES string of the molecule is Cc1cc(C)c(C)c(OCC(=O)ON=C(N)c2cc[nH+]cc2)c1. The van der Waals surface area contributed by atoms with Gasteiger partial charge in [0.05, 0.1) is 0 Å². The molecule has 2 rings (SSSR count). The van der Waals surface area contributed by atoms with Gasteiger partial charge in [-0.05, 0) is 43.5 Å². The molecule has 0 spiro atoms. The third-order valence-corrected chi connectivity index (χ3v) is 3.37. The molecule has 0 bridgehead atoms. The lowest BCUT2D eigenvalue weighted by Gasteiger charge is -2.11. The fourth-order valence-electron chi connectivity index (χ4n) is 2.02. The van der Waals surface area contributed by atoms with E-state index in [1.165, 1.54) is 0 Å². The molecule has 3 N–H and O–H groups in total. The van der Waals surface area contributed by atoms with Gasteiger partial charge in [-0.15, -0.1) is 0 Å². The van der Waals surface area contributed by atoms with Gasteiger partial charge in [0.2, 0.25) is 0 Å². The van der Waals surface area contributed by atoms with Crippen molar-refractivity contribution in [2.45, 2.75) is 20.8 Å². The molecule has 0 unspecified atom stereocenters. The Labute approximate surface area is 134 Å². The first-order chi connectivity index (χ1) is 11.0. The van der Waals surface area contributed by atoms with E-state index in [4.69, 9.17) is 15.3 Å². The van der Waals surface area contributed by atoms with Crippen molar-refractivity contribution in [3.63, 3.8) is 0 Å². The van der Waals surface area contributed by atoms with Crippen LogP contribution in [-0.4, -0.2) is 18.4 Å². The molecule has 0 aliphatic carbocycles. The van der Waals surface area contributed by atoms with Crippen LogP contribution in [0.2, 0.25) is 0 Å². The van der Waals surface area contributed by atoms with Crippen molar-refractivity contribution in [1.82, 2.24) is 0 Å². The molecule has 0 saturated carbocycles. The Morgan fingerprint density at radius 2 is 1.91 bits per heavy atom. The molecule has 0 saturated heterocycles. The number of hydrogen-bond acceptors (Lipinski definition) is 4. The third kappa shape index (κ3) is 4.54. The van der Waals surface area contributed by atoms with E-state index in [1.54, 1.807) is 24.5 Å². The molecule has 120 valence electrons. The first kappa shape index (κ1) is 16.5. The molecule has 6 nitrogen and oxygen atoms in total. The van der Waals surface area contributed by atoms with E-state index in [0.29, 0.717) is 11.3 Å². The largest absolute Gasteiger partial charge is 0.482 e. The lowest BCUT2D eigenvalue weighted by atomic mass is 10.1. The number of carbonyl (C=O) groups is 1. The van der Waals surface area contributed by atoms with Crippen LogP contribution in [0.1, 0.15) is 22.3 Å². The topological polar surface area (TPSA) is 88.0 Å². The molecule has 0 radical (unpaired) electrons. The maximum atomic E-state index is 11.7. The molecule has 2 aromatic rings. The van der Waals surface area contributed by atoms with Gasteiger partial charge < -0.3 is 15.3 Å². The van der Waals surface area contributed by atoms with Crippen LogP contribution in [0.5, 0.6) is 5.75 Å². The molecule has 0 atom stereocenters. The quantitative estimate of drug-likeness (QED) is 0.393. The molecule has 0 fully saturated rings. The number of aryl methyl sites for hydroxylation is 2. The number of benzene rings is 1. The molecular formula is C17H20N3O3+. The maximum absolute atomic E-state index is 11.7. The molecule has 1 aromatic carbocycles. The average molecular weight is 314 g/mol. The van der Waals surface area contributed by atoms with Crippen LogP contribution >= 0.6 is 0 Å². The Kier molecular flexibility index (Phi) is 5.30. The van der Waals surface area contributed by atoms with Gasteiger partial charge in [-0.2, -0.15) is 0 Å². The lowest BCUT2D eigenvalue weighted by Crippen LogP contribution is -2.18. The predicted molar refractivity (Wildman–Crippen MR) is 86.0 cm³/mol. The summed E-state index contributed by atoms with van der Waals surface area (Å²) in [6.45, 7) is 5.68. The van der Waals surface area contributed by atoms with E-state index in [0.717, 1.165) is 16.7 Å². The number of aromatic nitrogens is 1. The minimum Gasteiger partial charge on any atom is -0.482 e. The Morgan fingerprint density at radius 1 is 1.22 bits per heavy atom. The van der Waals surface area contributed by atoms with Crippen molar-refractivity contribution in [2.24, 2.45) is 10.9 Å². The summed E-state index contributed by atoms with van der Waals surface area (Å²) in [6, 6.07) is 7.39. The van der Waals surface area contributed by atoms with Crippen LogP contribution in [0.3, 0.4) is 0 Å².